The molecule has 0 unspecified atom stereocenters. The van der Waals surface area contributed by atoms with Crippen molar-refractivity contribution in [3.63, 3.8) is 0 Å². The summed E-state index contributed by atoms with van der Waals surface area (Å²) in [6, 6.07) is 19.4. The van der Waals surface area contributed by atoms with E-state index in [0.29, 0.717) is 29.0 Å². The van der Waals surface area contributed by atoms with Crippen LogP contribution in [0, 0.1) is 6.92 Å². The lowest BCUT2D eigenvalue weighted by molar-refractivity contribution is -0.118. The van der Waals surface area contributed by atoms with Crippen molar-refractivity contribution in [3.05, 3.63) is 78.3 Å². The molecule has 2 aromatic heterocycles. The summed E-state index contributed by atoms with van der Waals surface area (Å²) in [7, 11) is 1.63. The Hall–Kier alpha value is -3.52. The Kier molecular flexibility index (Phi) is 6.37. The summed E-state index contributed by atoms with van der Waals surface area (Å²) in [5.74, 6) is 2.16. The molecule has 158 valence electrons. The third kappa shape index (κ3) is 4.80. The molecule has 0 spiro atoms. The molecular formula is C23H22N4O3S. The second kappa shape index (κ2) is 9.53. The highest BCUT2D eigenvalue weighted by Gasteiger charge is 2.19. The molecule has 0 atom stereocenters. The van der Waals surface area contributed by atoms with Crippen LogP contribution in [-0.2, 0) is 11.3 Å². The average Bonchev–Trinajstić information content (AvgIpc) is 3.47. The average molecular weight is 435 g/mol. The van der Waals surface area contributed by atoms with Crippen molar-refractivity contribution in [2.24, 2.45) is 0 Å². The van der Waals surface area contributed by atoms with E-state index in [1.807, 2.05) is 66.1 Å². The van der Waals surface area contributed by atoms with Crippen molar-refractivity contribution < 1.29 is 13.9 Å². The smallest absolute Gasteiger partial charge is 0.230 e. The minimum absolute atomic E-state index is 0.112. The molecule has 2 aromatic carbocycles. The number of benzene rings is 2. The summed E-state index contributed by atoms with van der Waals surface area (Å²) in [4.78, 5) is 12.3. The number of thioether (sulfide) groups is 1. The van der Waals surface area contributed by atoms with Gasteiger partial charge in [-0.05, 0) is 43.3 Å². The van der Waals surface area contributed by atoms with Gasteiger partial charge < -0.3 is 14.5 Å². The zero-order chi connectivity index (χ0) is 21.6. The number of aromatic nitrogens is 3. The molecule has 0 aliphatic carbocycles. The summed E-state index contributed by atoms with van der Waals surface area (Å²) >= 11 is 1.33. The summed E-state index contributed by atoms with van der Waals surface area (Å²) in [6.07, 6.45) is 1.58. The maximum Gasteiger partial charge on any atom is 0.230 e. The maximum absolute atomic E-state index is 12.3. The van der Waals surface area contributed by atoms with Crippen LogP contribution in [0.1, 0.15) is 11.3 Å². The normalized spacial score (nSPS) is 10.8. The largest absolute Gasteiger partial charge is 0.496 e. The molecule has 2 heterocycles. The predicted molar refractivity (Wildman–Crippen MR) is 119 cm³/mol. The van der Waals surface area contributed by atoms with Gasteiger partial charge in [-0.1, -0.05) is 41.6 Å². The highest BCUT2D eigenvalue weighted by molar-refractivity contribution is 7.99. The molecule has 1 N–H and O–H groups in total. The van der Waals surface area contributed by atoms with E-state index in [2.05, 4.69) is 15.5 Å². The van der Waals surface area contributed by atoms with Gasteiger partial charge in [0.2, 0.25) is 5.91 Å². The number of aryl methyl sites for hydroxylation is 1. The van der Waals surface area contributed by atoms with Gasteiger partial charge in [0.25, 0.3) is 0 Å². The lowest BCUT2D eigenvalue weighted by Gasteiger charge is -2.12. The highest BCUT2D eigenvalue weighted by atomic mass is 32.2. The number of para-hydroxylation sites is 1. The van der Waals surface area contributed by atoms with Crippen LogP contribution in [0.5, 0.6) is 5.75 Å². The molecule has 31 heavy (non-hydrogen) atoms. The van der Waals surface area contributed by atoms with Crippen LogP contribution in [-0.4, -0.2) is 33.5 Å². The number of nitrogens with zero attached hydrogens (tertiary/aromatic N) is 3. The Morgan fingerprint density at radius 1 is 1.10 bits per heavy atom. The number of hydrogen-bond acceptors (Lipinski definition) is 6. The number of carbonyl (C=O) groups excluding carboxylic acids is 1. The van der Waals surface area contributed by atoms with Gasteiger partial charge in [0.05, 0.1) is 31.2 Å². The van der Waals surface area contributed by atoms with Crippen LogP contribution >= 0.6 is 11.8 Å². The van der Waals surface area contributed by atoms with Gasteiger partial charge in [-0.15, -0.1) is 10.2 Å². The fraction of sp³-hybridized carbons (Fsp3) is 0.174. The van der Waals surface area contributed by atoms with E-state index in [1.165, 1.54) is 11.8 Å². The number of hydrogen-bond donors (Lipinski definition) is 1. The minimum atomic E-state index is -0.112. The van der Waals surface area contributed by atoms with E-state index in [1.54, 1.807) is 19.4 Å². The summed E-state index contributed by atoms with van der Waals surface area (Å²) in [6.45, 7) is 2.39. The van der Waals surface area contributed by atoms with Crippen LogP contribution in [0.4, 0.5) is 0 Å². The van der Waals surface area contributed by atoms with E-state index >= 15 is 0 Å². The first-order chi connectivity index (χ1) is 15.2. The van der Waals surface area contributed by atoms with Crippen LogP contribution in [0.2, 0.25) is 0 Å². The number of methoxy groups -OCH3 is 1. The van der Waals surface area contributed by atoms with Crippen LogP contribution in [0.15, 0.2) is 76.5 Å². The predicted octanol–water partition coefficient (Wildman–Crippen LogP) is 4.25. The van der Waals surface area contributed by atoms with Crippen molar-refractivity contribution in [2.45, 2.75) is 18.6 Å². The lowest BCUT2D eigenvalue weighted by Crippen LogP contribution is -2.24. The van der Waals surface area contributed by atoms with Gasteiger partial charge in [-0.25, -0.2) is 0 Å². The van der Waals surface area contributed by atoms with E-state index in [4.69, 9.17) is 9.15 Å². The molecule has 4 aromatic rings. The molecule has 4 rings (SSSR count). The van der Waals surface area contributed by atoms with Crippen LogP contribution in [0.3, 0.4) is 0 Å². The van der Waals surface area contributed by atoms with E-state index < -0.39 is 0 Å². The molecule has 8 heteroatoms. The summed E-state index contributed by atoms with van der Waals surface area (Å²) in [5.41, 5.74) is 2.89. The number of nitrogens with one attached hydrogen (secondary N) is 1. The molecule has 0 bridgehead atoms. The Labute approximate surface area is 184 Å². The summed E-state index contributed by atoms with van der Waals surface area (Å²) in [5, 5.41) is 12.3. The van der Waals surface area contributed by atoms with Crippen molar-refractivity contribution in [1.82, 2.24) is 20.1 Å². The van der Waals surface area contributed by atoms with E-state index in [-0.39, 0.29) is 11.7 Å². The quantitative estimate of drug-likeness (QED) is 0.418. The molecule has 0 aliphatic rings. The van der Waals surface area contributed by atoms with Gasteiger partial charge >= 0.3 is 0 Å². The first kappa shape index (κ1) is 20.7. The van der Waals surface area contributed by atoms with Gasteiger partial charge in [-0.2, -0.15) is 0 Å². The molecular weight excluding hydrogens is 412 g/mol. The van der Waals surface area contributed by atoms with E-state index in [0.717, 1.165) is 16.8 Å². The Morgan fingerprint density at radius 2 is 1.90 bits per heavy atom. The van der Waals surface area contributed by atoms with Crippen molar-refractivity contribution in [3.8, 4) is 22.8 Å². The zero-order valence-electron chi connectivity index (χ0n) is 17.2. The first-order valence-corrected chi connectivity index (χ1v) is 10.7. The lowest BCUT2D eigenvalue weighted by atomic mass is 10.1. The highest BCUT2D eigenvalue weighted by Crippen LogP contribution is 2.33. The van der Waals surface area contributed by atoms with E-state index in [9.17, 15) is 4.79 Å². The van der Waals surface area contributed by atoms with Gasteiger partial charge in [0.15, 0.2) is 11.0 Å². The molecule has 0 radical (unpaired) electrons. The summed E-state index contributed by atoms with van der Waals surface area (Å²) < 4.78 is 12.7. The minimum Gasteiger partial charge on any atom is -0.496 e. The SMILES string of the molecule is COc1ccccc1-c1nnc(SCC(=O)NCc2ccco2)n1-c1ccc(C)cc1. The maximum atomic E-state index is 12.3. The first-order valence-electron chi connectivity index (χ1n) is 9.73. The molecule has 0 saturated heterocycles. The molecule has 0 fully saturated rings. The van der Waals surface area contributed by atoms with Gasteiger partial charge in [0, 0.05) is 5.69 Å². The Bertz CT molecular complexity index is 1150. The number of rotatable bonds is 8. The number of furan rings is 1. The third-order valence-electron chi connectivity index (χ3n) is 4.65. The fourth-order valence-corrected chi connectivity index (χ4v) is 3.86. The topological polar surface area (TPSA) is 82.2 Å². The van der Waals surface area contributed by atoms with Crippen LogP contribution < -0.4 is 10.1 Å². The zero-order valence-corrected chi connectivity index (χ0v) is 18.1. The second-order valence-corrected chi connectivity index (χ2v) is 7.76. The van der Waals surface area contributed by atoms with Crippen molar-refractivity contribution in [2.75, 3.05) is 12.9 Å². The second-order valence-electron chi connectivity index (χ2n) is 6.82. The van der Waals surface area contributed by atoms with Crippen LogP contribution in [0.25, 0.3) is 17.1 Å². The third-order valence-corrected chi connectivity index (χ3v) is 5.57. The Balaban J connectivity index is 1.60. The van der Waals surface area contributed by atoms with Crippen molar-refractivity contribution in [1.29, 1.82) is 0 Å². The molecule has 0 aliphatic heterocycles. The number of ether oxygens (including phenoxy) is 1. The van der Waals surface area contributed by atoms with Crippen molar-refractivity contribution >= 4 is 17.7 Å². The molecule has 7 nitrogen and oxygen atoms in total. The number of amides is 1. The molecule has 0 saturated carbocycles. The monoisotopic (exact) mass is 434 g/mol. The molecule has 1 amide bonds. The number of carbonyl (C=O) groups is 1. The Morgan fingerprint density at radius 3 is 2.65 bits per heavy atom. The standard InChI is InChI=1S/C23H22N4O3S/c1-16-9-11-17(12-10-16)27-22(19-7-3-4-8-20(19)29-2)25-26-23(27)31-15-21(28)24-14-18-6-5-13-30-18/h3-13H,14-15H2,1-2H3,(H,24,28). The van der Waals surface area contributed by atoms with Gasteiger partial charge in [-0.3, -0.25) is 9.36 Å². The fourth-order valence-electron chi connectivity index (χ4n) is 3.07. The van der Waals surface area contributed by atoms with Gasteiger partial charge in [0.1, 0.15) is 11.5 Å².